The van der Waals surface area contributed by atoms with Crippen LogP contribution in [0.5, 0.6) is 5.75 Å². The molecule has 72 valence electrons. The number of aryl methyl sites for hydroxylation is 2. The predicted octanol–water partition coefficient (Wildman–Crippen LogP) is 2.30. The van der Waals surface area contributed by atoms with Crippen LogP contribution in [-0.4, -0.2) is 16.4 Å². The van der Waals surface area contributed by atoms with Crippen LogP contribution >= 0.6 is 0 Å². The normalized spacial score (nSPS) is 10.7. The molecule has 0 saturated heterocycles. The standard InChI is InChI=1S/C11H11NO2/c1-6-8-3-12-4-9(8)7(2)11(14)10(6)5-13/h3-5,12,14H,1-2H3. The monoisotopic (exact) mass is 189 g/mol. The molecule has 0 radical (unpaired) electrons. The average Bonchev–Trinajstić information content (AvgIpc) is 2.64. The minimum absolute atomic E-state index is 0.0876. The minimum Gasteiger partial charge on any atom is -0.507 e. The van der Waals surface area contributed by atoms with Gasteiger partial charge in [-0.3, -0.25) is 4.79 Å². The number of aromatic amines is 1. The highest BCUT2D eigenvalue weighted by Crippen LogP contribution is 2.32. The Kier molecular flexibility index (Phi) is 1.81. The summed E-state index contributed by atoms with van der Waals surface area (Å²) in [4.78, 5) is 13.8. The number of hydrogen-bond donors (Lipinski definition) is 2. The van der Waals surface area contributed by atoms with Crippen LogP contribution in [0.3, 0.4) is 0 Å². The molecule has 2 rings (SSSR count). The number of phenols is 1. The van der Waals surface area contributed by atoms with E-state index in [0.29, 0.717) is 11.8 Å². The van der Waals surface area contributed by atoms with Crippen molar-refractivity contribution in [3.05, 3.63) is 29.1 Å². The molecule has 1 aromatic carbocycles. The van der Waals surface area contributed by atoms with E-state index in [1.807, 2.05) is 19.3 Å². The van der Waals surface area contributed by atoms with E-state index in [2.05, 4.69) is 4.98 Å². The molecule has 0 fully saturated rings. The molecule has 0 aliphatic heterocycles. The van der Waals surface area contributed by atoms with Gasteiger partial charge in [0.25, 0.3) is 0 Å². The van der Waals surface area contributed by atoms with Crippen molar-refractivity contribution in [3.8, 4) is 5.75 Å². The highest BCUT2D eigenvalue weighted by molar-refractivity contribution is 5.98. The van der Waals surface area contributed by atoms with Crippen LogP contribution in [-0.2, 0) is 0 Å². The number of benzene rings is 1. The lowest BCUT2D eigenvalue weighted by atomic mass is 9.98. The van der Waals surface area contributed by atoms with Crippen molar-refractivity contribution in [1.82, 2.24) is 4.98 Å². The first-order valence-corrected chi connectivity index (χ1v) is 4.40. The third-order valence-electron chi connectivity index (χ3n) is 2.69. The van der Waals surface area contributed by atoms with Crippen LogP contribution in [0.1, 0.15) is 21.5 Å². The number of rotatable bonds is 1. The third kappa shape index (κ3) is 0.954. The predicted molar refractivity (Wildman–Crippen MR) is 54.8 cm³/mol. The molecular weight excluding hydrogens is 178 g/mol. The largest absolute Gasteiger partial charge is 0.507 e. The lowest BCUT2D eigenvalue weighted by Crippen LogP contribution is -1.91. The van der Waals surface area contributed by atoms with Gasteiger partial charge < -0.3 is 10.1 Å². The van der Waals surface area contributed by atoms with E-state index in [1.54, 1.807) is 6.92 Å². The van der Waals surface area contributed by atoms with Gasteiger partial charge >= 0.3 is 0 Å². The summed E-state index contributed by atoms with van der Waals surface area (Å²) in [5.41, 5.74) is 1.95. The number of nitrogens with one attached hydrogen (secondary N) is 1. The van der Waals surface area contributed by atoms with Gasteiger partial charge in [0.2, 0.25) is 0 Å². The van der Waals surface area contributed by atoms with Gasteiger partial charge in [-0.2, -0.15) is 0 Å². The first-order chi connectivity index (χ1) is 6.66. The lowest BCUT2D eigenvalue weighted by Gasteiger charge is -2.07. The van der Waals surface area contributed by atoms with E-state index >= 15 is 0 Å². The van der Waals surface area contributed by atoms with Crippen molar-refractivity contribution in [1.29, 1.82) is 0 Å². The first kappa shape index (κ1) is 8.81. The summed E-state index contributed by atoms with van der Waals surface area (Å²) in [5.74, 6) is 0.0876. The number of fused-ring (bicyclic) bond motifs is 1. The van der Waals surface area contributed by atoms with E-state index in [-0.39, 0.29) is 5.75 Å². The van der Waals surface area contributed by atoms with E-state index < -0.39 is 0 Å². The van der Waals surface area contributed by atoms with E-state index in [9.17, 15) is 9.90 Å². The maximum Gasteiger partial charge on any atom is 0.154 e. The fraction of sp³-hybridized carbons (Fsp3) is 0.182. The minimum atomic E-state index is 0.0876. The molecular formula is C11H11NO2. The molecule has 0 bridgehead atoms. The number of aldehydes is 1. The summed E-state index contributed by atoms with van der Waals surface area (Å²) in [6.45, 7) is 3.64. The molecule has 2 aromatic rings. The molecule has 0 unspecified atom stereocenters. The number of H-pyrrole nitrogens is 1. The Morgan fingerprint density at radius 3 is 2.36 bits per heavy atom. The zero-order chi connectivity index (χ0) is 10.3. The number of aromatic nitrogens is 1. The van der Waals surface area contributed by atoms with Gasteiger partial charge in [0.15, 0.2) is 6.29 Å². The Bertz CT molecular complexity index is 511. The molecule has 0 aliphatic rings. The van der Waals surface area contributed by atoms with E-state index in [4.69, 9.17) is 0 Å². The second-order valence-corrected chi connectivity index (χ2v) is 3.41. The maximum atomic E-state index is 10.8. The molecule has 0 aliphatic carbocycles. The Morgan fingerprint density at radius 2 is 1.79 bits per heavy atom. The molecule has 1 aromatic heterocycles. The topological polar surface area (TPSA) is 53.1 Å². The zero-order valence-corrected chi connectivity index (χ0v) is 8.09. The second-order valence-electron chi connectivity index (χ2n) is 3.41. The lowest BCUT2D eigenvalue weighted by molar-refractivity contribution is 0.112. The van der Waals surface area contributed by atoms with Crippen LogP contribution < -0.4 is 0 Å². The number of phenolic OH excluding ortho intramolecular Hbond substituents is 1. The fourth-order valence-corrected chi connectivity index (χ4v) is 1.78. The Morgan fingerprint density at radius 1 is 1.21 bits per heavy atom. The fourth-order valence-electron chi connectivity index (χ4n) is 1.78. The Hall–Kier alpha value is -1.77. The maximum absolute atomic E-state index is 10.8. The van der Waals surface area contributed by atoms with Crippen LogP contribution in [0.4, 0.5) is 0 Å². The summed E-state index contributed by atoms with van der Waals surface area (Å²) >= 11 is 0. The highest BCUT2D eigenvalue weighted by Gasteiger charge is 2.13. The van der Waals surface area contributed by atoms with Gasteiger partial charge in [-0.1, -0.05) is 0 Å². The van der Waals surface area contributed by atoms with Gasteiger partial charge in [-0.25, -0.2) is 0 Å². The Balaban J connectivity index is 3.01. The smallest absolute Gasteiger partial charge is 0.154 e. The van der Waals surface area contributed by atoms with Crippen molar-refractivity contribution in [2.75, 3.05) is 0 Å². The molecule has 14 heavy (non-hydrogen) atoms. The van der Waals surface area contributed by atoms with Crippen LogP contribution in [0, 0.1) is 13.8 Å². The molecule has 3 nitrogen and oxygen atoms in total. The molecule has 0 amide bonds. The van der Waals surface area contributed by atoms with Crippen molar-refractivity contribution >= 4 is 17.1 Å². The summed E-state index contributed by atoms with van der Waals surface area (Å²) < 4.78 is 0. The third-order valence-corrected chi connectivity index (χ3v) is 2.69. The number of carbonyl (C=O) groups excluding carboxylic acids is 1. The number of aromatic hydroxyl groups is 1. The molecule has 1 heterocycles. The van der Waals surface area contributed by atoms with Crippen molar-refractivity contribution in [3.63, 3.8) is 0 Å². The van der Waals surface area contributed by atoms with Gasteiger partial charge in [-0.15, -0.1) is 0 Å². The highest BCUT2D eigenvalue weighted by atomic mass is 16.3. The van der Waals surface area contributed by atoms with Gasteiger partial charge in [0.05, 0.1) is 5.56 Å². The van der Waals surface area contributed by atoms with Crippen molar-refractivity contribution < 1.29 is 9.90 Å². The number of carbonyl (C=O) groups is 1. The number of hydrogen-bond acceptors (Lipinski definition) is 2. The molecule has 2 N–H and O–H groups in total. The molecule has 0 spiro atoms. The summed E-state index contributed by atoms with van der Waals surface area (Å²) in [5, 5.41) is 11.7. The van der Waals surface area contributed by atoms with Gasteiger partial charge in [0, 0.05) is 28.7 Å². The van der Waals surface area contributed by atoms with Crippen LogP contribution in [0.2, 0.25) is 0 Å². The van der Waals surface area contributed by atoms with Crippen LogP contribution in [0.25, 0.3) is 10.8 Å². The van der Waals surface area contributed by atoms with Crippen LogP contribution in [0.15, 0.2) is 12.4 Å². The first-order valence-electron chi connectivity index (χ1n) is 4.40. The van der Waals surface area contributed by atoms with Crippen molar-refractivity contribution in [2.45, 2.75) is 13.8 Å². The SMILES string of the molecule is Cc1c(O)c(C=O)c(C)c2c[nH]cc12. The van der Waals surface area contributed by atoms with Gasteiger partial charge in [0.1, 0.15) is 5.75 Å². The van der Waals surface area contributed by atoms with Gasteiger partial charge in [-0.05, 0) is 19.4 Å². The van der Waals surface area contributed by atoms with Crippen molar-refractivity contribution in [2.24, 2.45) is 0 Å². The zero-order valence-electron chi connectivity index (χ0n) is 8.09. The van der Waals surface area contributed by atoms with E-state index in [0.717, 1.165) is 21.9 Å². The summed E-state index contributed by atoms with van der Waals surface area (Å²) in [7, 11) is 0. The molecule has 0 saturated carbocycles. The summed E-state index contributed by atoms with van der Waals surface area (Å²) in [6, 6.07) is 0. The second kappa shape index (κ2) is 2.87. The molecule has 0 atom stereocenters. The summed E-state index contributed by atoms with van der Waals surface area (Å²) in [6.07, 6.45) is 4.36. The quantitative estimate of drug-likeness (QED) is 0.676. The van der Waals surface area contributed by atoms with E-state index in [1.165, 1.54) is 0 Å². The molecule has 3 heteroatoms. The Labute approximate surface area is 81.4 Å². The average molecular weight is 189 g/mol.